The number of nitrogens with zero attached hydrogens (tertiary/aromatic N) is 1. The van der Waals surface area contributed by atoms with E-state index in [1.807, 2.05) is 0 Å². The highest BCUT2D eigenvalue weighted by atomic mass is 15.1. The summed E-state index contributed by atoms with van der Waals surface area (Å²) in [5.41, 5.74) is 0. The third kappa shape index (κ3) is 10.4. The summed E-state index contributed by atoms with van der Waals surface area (Å²) in [6.07, 6.45) is 6.70. The van der Waals surface area contributed by atoms with Crippen molar-refractivity contribution in [3.05, 3.63) is 0 Å². The standard InChI is InChI=1S/C9H21N.C5H11N/c1-4-6-8-10(3)9-7-5-2;1-5-2-3-6-4-5/h4-9H2,1-3H3;5-6H,2-4H2,1H3. The van der Waals surface area contributed by atoms with Gasteiger partial charge in [0.25, 0.3) is 0 Å². The Morgan fingerprint density at radius 1 is 1.12 bits per heavy atom. The summed E-state index contributed by atoms with van der Waals surface area (Å²) in [5, 5.41) is 3.27. The molecule has 1 aliphatic rings. The van der Waals surface area contributed by atoms with Crippen LogP contribution in [-0.4, -0.2) is 38.1 Å². The Balaban J connectivity index is 0.000000315. The van der Waals surface area contributed by atoms with Crippen LogP contribution in [0.2, 0.25) is 0 Å². The third-order valence-corrected chi connectivity index (χ3v) is 3.09. The highest BCUT2D eigenvalue weighted by Gasteiger charge is 2.06. The minimum absolute atomic E-state index is 0.935. The maximum absolute atomic E-state index is 3.27. The molecule has 1 saturated heterocycles. The molecule has 0 aromatic carbocycles. The molecule has 1 atom stereocenters. The molecule has 0 saturated carbocycles. The Morgan fingerprint density at radius 3 is 1.94 bits per heavy atom. The van der Waals surface area contributed by atoms with Crippen LogP contribution < -0.4 is 5.32 Å². The van der Waals surface area contributed by atoms with E-state index in [4.69, 9.17) is 0 Å². The smallest absolute Gasteiger partial charge is 0.00219 e. The Kier molecular flexibility index (Phi) is 11.3. The molecule has 0 spiro atoms. The first-order valence-corrected chi connectivity index (χ1v) is 7.09. The Bertz CT molecular complexity index is 123. The number of hydrogen-bond donors (Lipinski definition) is 1. The predicted molar refractivity (Wildman–Crippen MR) is 74.0 cm³/mol. The highest BCUT2D eigenvalue weighted by Crippen LogP contribution is 2.03. The zero-order valence-electron chi connectivity index (χ0n) is 11.9. The van der Waals surface area contributed by atoms with E-state index >= 15 is 0 Å². The Hall–Kier alpha value is -0.0800. The molecule has 1 aliphatic heterocycles. The maximum atomic E-state index is 3.27. The van der Waals surface area contributed by atoms with Crippen molar-refractivity contribution in [2.45, 2.75) is 52.9 Å². The molecule has 0 aromatic heterocycles. The van der Waals surface area contributed by atoms with Crippen molar-refractivity contribution < 1.29 is 0 Å². The predicted octanol–water partition coefficient (Wildman–Crippen LogP) is 3.13. The zero-order valence-corrected chi connectivity index (χ0v) is 11.9. The SMILES string of the molecule is CC1CCNC1.CCCCN(C)CCCC. The van der Waals surface area contributed by atoms with Crippen molar-refractivity contribution in [3.63, 3.8) is 0 Å². The quantitative estimate of drug-likeness (QED) is 0.751. The molecule has 16 heavy (non-hydrogen) atoms. The second-order valence-electron chi connectivity index (χ2n) is 5.11. The fraction of sp³-hybridized carbons (Fsp3) is 1.00. The van der Waals surface area contributed by atoms with Gasteiger partial charge in [-0.1, -0.05) is 33.6 Å². The number of unbranched alkanes of at least 4 members (excludes halogenated alkanes) is 2. The van der Waals surface area contributed by atoms with Crippen molar-refractivity contribution in [3.8, 4) is 0 Å². The molecule has 0 aromatic rings. The van der Waals surface area contributed by atoms with Gasteiger partial charge in [0.05, 0.1) is 0 Å². The first-order chi connectivity index (χ1) is 7.70. The van der Waals surface area contributed by atoms with Crippen molar-refractivity contribution in [2.75, 3.05) is 33.2 Å². The highest BCUT2D eigenvalue weighted by molar-refractivity contribution is 4.65. The lowest BCUT2D eigenvalue weighted by Crippen LogP contribution is -2.20. The maximum Gasteiger partial charge on any atom is -0.00219 e. The molecule has 1 heterocycles. The van der Waals surface area contributed by atoms with Gasteiger partial charge in [-0.05, 0) is 58.4 Å². The van der Waals surface area contributed by atoms with Crippen LogP contribution in [0, 0.1) is 5.92 Å². The van der Waals surface area contributed by atoms with E-state index in [0.29, 0.717) is 0 Å². The summed E-state index contributed by atoms with van der Waals surface area (Å²) in [7, 11) is 2.21. The summed E-state index contributed by atoms with van der Waals surface area (Å²) in [4.78, 5) is 2.42. The van der Waals surface area contributed by atoms with E-state index in [1.54, 1.807) is 0 Å². The van der Waals surface area contributed by atoms with Gasteiger partial charge < -0.3 is 10.2 Å². The van der Waals surface area contributed by atoms with E-state index < -0.39 is 0 Å². The molecule has 98 valence electrons. The molecule has 0 radical (unpaired) electrons. The van der Waals surface area contributed by atoms with Gasteiger partial charge >= 0.3 is 0 Å². The molecule has 1 fully saturated rings. The monoisotopic (exact) mass is 228 g/mol. The Morgan fingerprint density at radius 2 is 1.69 bits per heavy atom. The van der Waals surface area contributed by atoms with Gasteiger partial charge in [-0.25, -0.2) is 0 Å². The van der Waals surface area contributed by atoms with Gasteiger partial charge in [-0.3, -0.25) is 0 Å². The van der Waals surface area contributed by atoms with Crippen LogP contribution in [0.25, 0.3) is 0 Å². The van der Waals surface area contributed by atoms with Crippen molar-refractivity contribution in [1.82, 2.24) is 10.2 Å². The minimum Gasteiger partial charge on any atom is -0.316 e. The van der Waals surface area contributed by atoms with E-state index in [-0.39, 0.29) is 0 Å². The summed E-state index contributed by atoms with van der Waals surface area (Å²) in [5.74, 6) is 0.935. The first-order valence-electron chi connectivity index (χ1n) is 7.09. The van der Waals surface area contributed by atoms with Crippen LogP contribution in [-0.2, 0) is 0 Å². The fourth-order valence-corrected chi connectivity index (χ4v) is 1.77. The molecule has 0 amide bonds. The first kappa shape index (κ1) is 15.9. The topological polar surface area (TPSA) is 15.3 Å². The van der Waals surface area contributed by atoms with Crippen molar-refractivity contribution in [1.29, 1.82) is 0 Å². The van der Waals surface area contributed by atoms with Gasteiger partial charge in [-0.15, -0.1) is 0 Å². The molecular weight excluding hydrogens is 196 g/mol. The van der Waals surface area contributed by atoms with Crippen LogP contribution in [0.3, 0.4) is 0 Å². The van der Waals surface area contributed by atoms with Crippen LogP contribution in [0.1, 0.15) is 52.9 Å². The summed E-state index contributed by atoms with van der Waals surface area (Å²) < 4.78 is 0. The molecule has 0 bridgehead atoms. The lowest BCUT2D eigenvalue weighted by atomic mass is 10.2. The van der Waals surface area contributed by atoms with E-state index in [0.717, 1.165) is 5.92 Å². The summed E-state index contributed by atoms with van der Waals surface area (Å²) >= 11 is 0. The zero-order chi connectivity index (χ0) is 12.2. The number of nitrogens with one attached hydrogen (secondary N) is 1. The van der Waals surface area contributed by atoms with Gasteiger partial charge in [0.2, 0.25) is 0 Å². The molecule has 1 N–H and O–H groups in total. The van der Waals surface area contributed by atoms with Crippen LogP contribution in [0.4, 0.5) is 0 Å². The van der Waals surface area contributed by atoms with Crippen molar-refractivity contribution in [2.24, 2.45) is 5.92 Å². The van der Waals surface area contributed by atoms with Gasteiger partial charge in [0.15, 0.2) is 0 Å². The third-order valence-electron chi connectivity index (χ3n) is 3.09. The minimum atomic E-state index is 0.935. The number of rotatable bonds is 6. The fourth-order valence-electron chi connectivity index (χ4n) is 1.77. The lowest BCUT2D eigenvalue weighted by molar-refractivity contribution is 0.322. The molecule has 1 unspecified atom stereocenters. The van der Waals surface area contributed by atoms with Gasteiger partial charge in [-0.2, -0.15) is 0 Å². The average Bonchev–Trinajstić information content (AvgIpc) is 2.75. The van der Waals surface area contributed by atoms with Crippen molar-refractivity contribution >= 4 is 0 Å². The van der Waals surface area contributed by atoms with E-state index in [2.05, 4.69) is 38.0 Å². The lowest BCUT2D eigenvalue weighted by Gasteiger charge is -2.14. The van der Waals surface area contributed by atoms with E-state index in [1.165, 1.54) is 58.3 Å². The molecule has 2 nitrogen and oxygen atoms in total. The van der Waals surface area contributed by atoms with Gasteiger partial charge in [0.1, 0.15) is 0 Å². The molecule has 2 heteroatoms. The summed E-state index contributed by atoms with van der Waals surface area (Å²) in [6.45, 7) is 11.8. The van der Waals surface area contributed by atoms with Crippen LogP contribution >= 0.6 is 0 Å². The molecule has 1 rings (SSSR count). The Labute approximate surface area is 103 Å². The number of hydrogen-bond acceptors (Lipinski definition) is 2. The second-order valence-corrected chi connectivity index (χ2v) is 5.11. The normalized spacial score (nSPS) is 19.7. The van der Waals surface area contributed by atoms with E-state index in [9.17, 15) is 0 Å². The average molecular weight is 228 g/mol. The van der Waals surface area contributed by atoms with Crippen LogP contribution in [0.5, 0.6) is 0 Å². The second kappa shape index (κ2) is 11.4. The van der Waals surface area contributed by atoms with Gasteiger partial charge in [0, 0.05) is 0 Å². The van der Waals surface area contributed by atoms with Crippen LogP contribution in [0.15, 0.2) is 0 Å². The molecular formula is C14H32N2. The molecule has 0 aliphatic carbocycles. The largest absolute Gasteiger partial charge is 0.316 e. The summed E-state index contributed by atoms with van der Waals surface area (Å²) in [6, 6.07) is 0.